The van der Waals surface area contributed by atoms with Crippen LogP contribution in [-0.4, -0.2) is 15.8 Å². The average molecular weight is 208 g/mol. The fourth-order valence-electron chi connectivity index (χ4n) is 1.85. The Morgan fingerprint density at radius 1 is 1.50 bits per heavy atom. The van der Waals surface area contributed by atoms with E-state index in [1.54, 1.807) is 0 Å². The minimum absolute atomic E-state index is 0.286. The topological polar surface area (TPSA) is 49.6 Å². The molecule has 0 spiro atoms. The lowest BCUT2D eigenvalue weighted by molar-refractivity contribution is 0.868. The number of halogens is 1. The van der Waals surface area contributed by atoms with Crippen LogP contribution in [-0.2, 0) is 12.8 Å². The van der Waals surface area contributed by atoms with Crippen molar-refractivity contribution in [3.05, 3.63) is 23.3 Å². The van der Waals surface area contributed by atoms with Gasteiger partial charge in [0.25, 0.3) is 0 Å². The largest absolute Gasteiger partial charge is 0.241 e. The molecule has 4 heteroatoms. The first kappa shape index (κ1) is 9.42. The maximum atomic E-state index is 8.92. The second kappa shape index (κ2) is 3.93. The molecule has 1 aromatic heterocycles. The van der Waals surface area contributed by atoms with E-state index in [1.165, 1.54) is 6.33 Å². The molecule has 1 aromatic rings. The van der Waals surface area contributed by atoms with Crippen LogP contribution in [0.3, 0.4) is 0 Å². The fourth-order valence-corrected chi connectivity index (χ4v) is 2.07. The predicted octanol–water partition coefficient (Wildman–Crippen LogP) is 1.81. The van der Waals surface area contributed by atoms with Crippen molar-refractivity contribution in [2.75, 3.05) is 5.88 Å². The number of nitrogens with zero attached hydrogens (tertiary/aromatic N) is 3. The summed E-state index contributed by atoms with van der Waals surface area (Å²) in [5.74, 6) is 0.0199. The van der Waals surface area contributed by atoms with Gasteiger partial charge in [-0.3, -0.25) is 0 Å². The number of alkyl halides is 1. The van der Waals surface area contributed by atoms with Gasteiger partial charge in [-0.05, 0) is 24.8 Å². The quantitative estimate of drug-likeness (QED) is 0.695. The van der Waals surface area contributed by atoms with E-state index in [2.05, 4.69) is 16.0 Å². The van der Waals surface area contributed by atoms with Gasteiger partial charge in [0.2, 0.25) is 0 Å². The summed E-state index contributed by atoms with van der Waals surface area (Å²) in [4.78, 5) is 8.38. The molecule has 0 saturated heterocycles. The van der Waals surface area contributed by atoms with E-state index in [1.807, 2.05) is 0 Å². The van der Waals surface area contributed by atoms with Crippen LogP contribution in [0.5, 0.6) is 0 Å². The van der Waals surface area contributed by atoms with Gasteiger partial charge in [-0.1, -0.05) is 0 Å². The smallest absolute Gasteiger partial charge is 0.116 e. The second-order valence-electron chi connectivity index (χ2n) is 3.37. The van der Waals surface area contributed by atoms with Gasteiger partial charge in [0, 0.05) is 11.6 Å². The molecule has 1 heterocycles. The van der Waals surface area contributed by atoms with Crippen molar-refractivity contribution in [1.82, 2.24) is 9.97 Å². The summed E-state index contributed by atoms with van der Waals surface area (Å²) >= 11 is 5.72. The normalized spacial score (nSPS) is 16.0. The van der Waals surface area contributed by atoms with Crippen LogP contribution in [0.15, 0.2) is 6.33 Å². The maximum Gasteiger partial charge on any atom is 0.116 e. The molecule has 3 nitrogen and oxygen atoms in total. The van der Waals surface area contributed by atoms with Crippen molar-refractivity contribution >= 4 is 11.6 Å². The summed E-state index contributed by atoms with van der Waals surface area (Å²) in [6.07, 6.45) is 4.64. The van der Waals surface area contributed by atoms with Crippen molar-refractivity contribution in [3.8, 4) is 6.07 Å². The van der Waals surface area contributed by atoms with Gasteiger partial charge in [0.05, 0.1) is 11.8 Å². The van der Waals surface area contributed by atoms with Crippen LogP contribution < -0.4 is 0 Å². The van der Waals surface area contributed by atoms with Gasteiger partial charge in [-0.25, -0.2) is 9.97 Å². The Balaban J connectivity index is 2.44. The Morgan fingerprint density at radius 3 is 3.07 bits per heavy atom. The highest BCUT2D eigenvalue weighted by Gasteiger charge is 2.22. The van der Waals surface area contributed by atoms with Gasteiger partial charge < -0.3 is 0 Å². The van der Waals surface area contributed by atoms with Crippen molar-refractivity contribution < 1.29 is 0 Å². The zero-order chi connectivity index (χ0) is 9.97. The number of hydrogen-bond acceptors (Lipinski definition) is 3. The van der Waals surface area contributed by atoms with E-state index in [9.17, 15) is 0 Å². The summed E-state index contributed by atoms with van der Waals surface area (Å²) in [7, 11) is 0. The summed E-state index contributed by atoms with van der Waals surface area (Å²) in [6.45, 7) is 0. The zero-order valence-electron chi connectivity index (χ0n) is 7.70. The van der Waals surface area contributed by atoms with E-state index < -0.39 is 0 Å². The van der Waals surface area contributed by atoms with Gasteiger partial charge in [-0.2, -0.15) is 5.26 Å². The van der Waals surface area contributed by atoms with Gasteiger partial charge in [0.15, 0.2) is 0 Å². The molecule has 0 fully saturated rings. The number of hydrogen-bond donors (Lipinski definition) is 0. The molecule has 1 atom stereocenters. The van der Waals surface area contributed by atoms with Crippen molar-refractivity contribution in [1.29, 1.82) is 5.26 Å². The molecular weight excluding hydrogens is 198 g/mol. The highest BCUT2D eigenvalue weighted by atomic mass is 35.5. The minimum atomic E-state index is -0.286. The lowest BCUT2D eigenvalue weighted by atomic mass is 10.0. The molecule has 0 amide bonds. The standard InChI is InChI=1S/C10H10ClN3/c11-4-7(5-12)10-8-2-1-3-9(8)13-6-14-10/h6-7H,1-4H2. The molecule has 1 unspecified atom stereocenters. The number of aromatic nitrogens is 2. The Kier molecular flexibility index (Phi) is 2.64. The molecule has 0 aromatic carbocycles. The van der Waals surface area contributed by atoms with E-state index in [0.717, 1.165) is 36.2 Å². The highest BCUT2D eigenvalue weighted by Crippen LogP contribution is 2.27. The SMILES string of the molecule is N#CC(CCl)c1ncnc2c1CCC2. The monoisotopic (exact) mass is 207 g/mol. The molecular formula is C10H10ClN3. The maximum absolute atomic E-state index is 8.92. The summed E-state index contributed by atoms with van der Waals surface area (Å²) in [6, 6.07) is 2.18. The summed E-state index contributed by atoms with van der Waals surface area (Å²) < 4.78 is 0. The number of nitriles is 1. The average Bonchev–Trinajstić information content (AvgIpc) is 2.68. The van der Waals surface area contributed by atoms with Gasteiger partial charge in [-0.15, -0.1) is 11.6 Å². The second-order valence-corrected chi connectivity index (χ2v) is 3.68. The first-order valence-electron chi connectivity index (χ1n) is 4.65. The van der Waals surface area contributed by atoms with E-state index in [4.69, 9.17) is 16.9 Å². The van der Waals surface area contributed by atoms with E-state index in [-0.39, 0.29) is 5.92 Å². The molecule has 2 rings (SSSR count). The Bertz CT molecular complexity index is 383. The molecule has 14 heavy (non-hydrogen) atoms. The first-order valence-corrected chi connectivity index (χ1v) is 5.18. The third kappa shape index (κ3) is 1.46. The highest BCUT2D eigenvalue weighted by molar-refractivity contribution is 6.18. The summed E-state index contributed by atoms with van der Waals surface area (Å²) in [5, 5.41) is 8.92. The van der Waals surface area contributed by atoms with Crippen molar-refractivity contribution in [2.45, 2.75) is 25.2 Å². The van der Waals surface area contributed by atoms with E-state index in [0.29, 0.717) is 5.88 Å². The van der Waals surface area contributed by atoms with Crippen LogP contribution in [0.2, 0.25) is 0 Å². The van der Waals surface area contributed by atoms with Gasteiger partial charge in [0.1, 0.15) is 12.2 Å². The lowest BCUT2D eigenvalue weighted by Gasteiger charge is -2.08. The third-order valence-corrected chi connectivity index (χ3v) is 2.86. The minimum Gasteiger partial charge on any atom is -0.241 e. The molecule has 0 bridgehead atoms. The number of fused-ring (bicyclic) bond motifs is 1. The Hall–Kier alpha value is -1.14. The molecule has 0 aliphatic heterocycles. The van der Waals surface area contributed by atoms with Crippen LogP contribution in [0.25, 0.3) is 0 Å². The molecule has 1 aliphatic carbocycles. The summed E-state index contributed by atoms with van der Waals surface area (Å²) in [5.41, 5.74) is 3.09. The molecule has 72 valence electrons. The number of rotatable bonds is 2. The molecule has 0 radical (unpaired) electrons. The Morgan fingerprint density at radius 2 is 2.36 bits per heavy atom. The fraction of sp³-hybridized carbons (Fsp3) is 0.500. The predicted molar refractivity (Wildman–Crippen MR) is 53.1 cm³/mol. The van der Waals surface area contributed by atoms with Crippen LogP contribution >= 0.6 is 11.6 Å². The molecule has 0 N–H and O–H groups in total. The van der Waals surface area contributed by atoms with E-state index >= 15 is 0 Å². The molecule has 1 aliphatic rings. The van der Waals surface area contributed by atoms with Crippen LogP contribution in [0, 0.1) is 11.3 Å². The van der Waals surface area contributed by atoms with Crippen LogP contribution in [0.4, 0.5) is 0 Å². The first-order chi connectivity index (χ1) is 6.86. The van der Waals surface area contributed by atoms with Gasteiger partial charge >= 0.3 is 0 Å². The van der Waals surface area contributed by atoms with Crippen molar-refractivity contribution in [2.24, 2.45) is 0 Å². The van der Waals surface area contributed by atoms with Crippen LogP contribution in [0.1, 0.15) is 29.3 Å². The molecule has 0 saturated carbocycles. The zero-order valence-corrected chi connectivity index (χ0v) is 8.46. The number of aryl methyl sites for hydroxylation is 1. The lowest BCUT2D eigenvalue weighted by Crippen LogP contribution is -2.06. The Labute approximate surface area is 87.8 Å². The van der Waals surface area contributed by atoms with Crippen molar-refractivity contribution in [3.63, 3.8) is 0 Å². The third-order valence-electron chi connectivity index (χ3n) is 2.55.